The van der Waals surface area contributed by atoms with Crippen molar-refractivity contribution < 1.29 is 28.6 Å². The Kier molecular flexibility index (Phi) is 6.82. The number of likely N-dealkylation sites (tertiary alicyclic amines) is 1. The highest BCUT2D eigenvalue weighted by atomic mass is 16.5. The van der Waals surface area contributed by atoms with Gasteiger partial charge in [-0.2, -0.15) is 0 Å². The molecule has 0 spiro atoms. The van der Waals surface area contributed by atoms with Crippen LogP contribution in [0.1, 0.15) is 29.9 Å². The van der Waals surface area contributed by atoms with E-state index >= 15 is 0 Å². The summed E-state index contributed by atoms with van der Waals surface area (Å²) in [7, 11) is 0. The first kappa shape index (κ1) is 22.9. The second-order valence-corrected chi connectivity index (χ2v) is 7.64. The van der Waals surface area contributed by atoms with Gasteiger partial charge in [0.1, 0.15) is 29.6 Å². The normalized spacial score (nSPS) is 17.1. The van der Waals surface area contributed by atoms with Crippen LogP contribution in [0.4, 0.5) is 0 Å². The maximum Gasteiger partial charge on any atom is 0.296 e. The molecule has 7 nitrogen and oxygen atoms in total. The molecule has 2 heterocycles. The first-order valence-electron chi connectivity index (χ1n) is 10.9. The summed E-state index contributed by atoms with van der Waals surface area (Å²) >= 11 is 0. The van der Waals surface area contributed by atoms with Gasteiger partial charge >= 0.3 is 0 Å². The molecule has 4 rings (SSSR count). The van der Waals surface area contributed by atoms with E-state index in [4.69, 9.17) is 13.9 Å². The summed E-state index contributed by atoms with van der Waals surface area (Å²) in [6.07, 6.45) is 3.14. The molecule has 2 aromatic carbocycles. The predicted molar refractivity (Wildman–Crippen MR) is 126 cm³/mol. The van der Waals surface area contributed by atoms with Crippen LogP contribution in [0.3, 0.4) is 0 Å². The average molecular weight is 459 g/mol. The van der Waals surface area contributed by atoms with Crippen molar-refractivity contribution in [2.45, 2.75) is 19.5 Å². The smallest absolute Gasteiger partial charge is 0.296 e. The quantitative estimate of drug-likeness (QED) is 0.213. The van der Waals surface area contributed by atoms with E-state index in [2.05, 4.69) is 6.58 Å². The molecule has 174 valence electrons. The van der Waals surface area contributed by atoms with Gasteiger partial charge in [-0.3, -0.25) is 9.59 Å². The first-order valence-corrected chi connectivity index (χ1v) is 10.9. The summed E-state index contributed by atoms with van der Waals surface area (Å²) < 4.78 is 16.5. The van der Waals surface area contributed by atoms with Gasteiger partial charge in [0, 0.05) is 5.56 Å². The highest BCUT2D eigenvalue weighted by Gasteiger charge is 2.46. The van der Waals surface area contributed by atoms with Crippen molar-refractivity contribution in [3.63, 3.8) is 0 Å². The number of hydrogen-bond acceptors (Lipinski definition) is 6. The van der Waals surface area contributed by atoms with Gasteiger partial charge in [-0.25, -0.2) is 0 Å². The van der Waals surface area contributed by atoms with Gasteiger partial charge in [0.2, 0.25) is 0 Å². The van der Waals surface area contributed by atoms with Crippen LogP contribution in [-0.4, -0.2) is 34.9 Å². The molecule has 34 heavy (non-hydrogen) atoms. The first-order chi connectivity index (χ1) is 16.5. The number of Topliss-reactive ketones (excluding diaryl/α,β-unsaturated/α-hetero) is 1. The van der Waals surface area contributed by atoms with E-state index in [1.54, 1.807) is 66.7 Å². The predicted octanol–water partition coefficient (Wildman–Crippen LogP) is 4.87. The fourth-order valence-corrected chi connectivity index (χ4v) is 3.92. The van der Waals surface area contributed by atoms with Crippen molar-refractivity contribution in [1.82, 2.24) is 4.90 Å². The van der Waals surface area contributed by atoms with E-state index in [1.807, 2.05) is 6.92 Å². The Hall–Kier alpha value is -4.26. The molecule has 1 amide bonds. The summed E-state index contributed by atoms with van der Waals surface area (Å²) in [5.74, 6) is -0.0134. The second-order valence-electron chi connectivity index (χ2n) is 7.64. The van der Waals surface area contributed by atoms with Crippen LogP contribution in [0.25, 0.3) is 5.76 Å². The molecule has 1 atom stereocenters. The highest BCUT2D eigenvalue weighted by molar-refractivity contribution is 6.46. The number of furan rings is 1. The Balaban J connectivity index is 1.79. The molecule has 0 unspecified atom stereocenters. The minimum Gasteiger partial charge on any atom is -0.507 e. The molecule has 0 radical (unpaired) electrons. The number of aliphatic hydroxyl groups is 1. The average Bonchev–Trinajstić information content (AvgIpc) is 3.45. The van der Waals surface area contributed by atoms with Gasteiger partial charge in [0.05, 0.1) is 31.0 Å². The Morgan fingerprint density at radius 3 is 2.56 bits per heavy atom. The van der Waals surface area contributed by atoms with E-state index in [-0.39, 0.29) is 17.9 Å². The van der Waals surface area contributed by atoms with E-state index in [0.717, 1.165) is 0 Å². The topological polar surface area (TPSA) is 89.2 Å². The standard InChI is InChI=1S/C27H25NO6/c1-3-14-33-20-12-10-18(11-13-20)25(29)23-24(19-7-5-8-21(16-19)32-4-2)28(27(31)26(23)30)17-22-9-6-15-34-22/h3,5-13,15-16,24,29H,1,4,14,17H2,2H3/t24-/m1/s1. The van der Waals surface area contributed by atoms with Crippen molar-refractivity contribution >= 4 is 17.4 Å². The molecule has 0 bridgehead atoms. The van der Waals surface area contributed by atoms with Crippen LogP contribution in [0.5, 0.6) is 11.5 Å². The Morgan fingerprint density at radius 1 is 1.09 bits per heavy atom. The van der Waals surface area contributed by atoms with Gasteiger partial charge in [-0.1, -0.05) is 24.8 Å². The number of nitrogens with zero attached hydrogens (tertiary/aromatic N) is 1. The fourth-order valence-electron chi connectivity index (χ4n) is 3.92. The van der Waals surface area contributed by atoms with Crippen LogP contribution < -0.4 is 9.47 Å². The number of rotatable bonds is 9. The zero-order valence-electron chi connectivity index (χ0n) is 18.8. The molecule has 3 aromatic rings. The zero-order chi connectivity index (χ0) is 24.1. The summed E-state index contributed by atoms with van der Waals surface area (Å²) in [4.78, 5) is 27.6. The lowest BCUT2D eigenvalue weighted by Gasteiger charge is -2.25. The van der Waals surface area contributed by atoms with Gasteiger partial charge in [0.25, 0.3) is 11.7 Å². The van der Waals surface area contributed by atoms with Crippen LogP contribution in [0, 0.1) is 0 Å². The van der Waals surface area contributed by atoms with Crippen molar-refractivity contribution in [2.75, 3.05) is 13.2 Å². The van der Waals surface area contributed by atoms with Crippen LogP contribution in [0.15, 0.2) is 89.6 Å². The molecule has 1 aliphatic heterocycles. The number of ketones is 1. The van der Waals surface area contributed by atoms with Crippen molar-refractivity contribution in [3.8, 4) is 11.5 Å². The molecule has 0 aliphatic carbocycles. The zero-order valence-corrected chi connectivity index (χ0v) is 18.8. The molecule has 1 aromatic heterocycles. The van der Waals surface area contributed by atoms with E-state index in [1.165, 1.54) is 11.2 Å². The SMILES string of the molecule is C=CCOc1ccc(C(O)=C2C(=O)C(=O)N(Cc3ccco3)[C@@H]2c2cccc(OCC)c2)cc1. The molecule has 1 fully saturated rings. The monoisotopic (exact) mass is 459 g/mol. The summed E-state index contributed by atoms with van der Waals surface area (Å²) in [5, 5.41) is 11.2. The Morgan fingerprint density at radius 2 is 1.88 bits per heavy atom. The van der Waals surface area contributed by atoms with Crippen LogP contribution >= 0.6 is 0 Å². The third kappa shape index (κ3) is 4.59. The lowest BCUT2D eigenvalue weighted by atomic mass is 9.95. The largest absolute Gasteiger partial charge is 0.507 e. The minimum atomic E-state index is -0.817. The van der Waals surface area contributed by atoms with Crippen molar-refractivity contribution in [2.24, 2.45) is 0 Å². The van der Waals surface area contributed by atoms with E-state index in [9.17, 15) is 14.7 Å². The summed E-state index contributed by atoms with van der Waals surface area (Å²) in [6.45, 7) is 6.38. The Labute approximate surface area is 197 Å². The summed E-state index contributed by atoms with van der Waals surface area (Å²) in [6, 6.07) is 16.4. The highest BCUT2D eigenvalue weighted by Crippen LogP contribution is 2.41. The van der Waals surface area contributed by atoms with Gasteiger partial charge in [0.15, 0.2) is 0 Å². The number of hydrogen-bond donors (Lipinski definition) is 1. The number of amides is 1. The molecular formula is C27H25NO6. The molecule has 1 saturated heterocycles. The number of carbonyl (C=O) groups is 2. The fraction of sp³-hybridized carbons (Fsp3) is 0.185. The van der Waals surface area contributed by atoms with Gasteiger partial charge < -0.3 is 23.9 Å². The van der Waals surface area contributed by atoms with Crippen molar-refractivity contribution in [3.05, 3.63) is 102 Å². The molecular weight excluding hydrogens is 434 g/mol. The molecule has 1 N–H and O–H groups in total. The number of aliphatic hydroxyl groups excluding tert-OH is 1. The summed E-state index contributed by atoms with van der Waals surface area (Å²) in [5.41, 5.74) is 1.04. The van der Waals surface area contributed by atoms with Crippen molar-refractivity contribution in [1.29, 1.82) is 0 Å². The molecule has 0 saturated carbocycles. The van der Waals surface area contributed by atoms with E-state index in [0.29, 0.717) is 41.6 Å². The number of carbonyl (C=O) groups excluding carboxylic acids is 2. The van der Waals surface area contributed by atoms with Gasteiger partial charge in [-0.05, 0) is 61.0 Å². The third-order valence-corrected chi connectivity index (χ3v) is 5.43. The molecule has 1 aliphatic rings. The third-order valence-electron chi connectivity index (χ3n) is 5.43. The maximum atomic E-state index is 13.2. The van der Waals surface area contributed by atoms with E-state index < -0.39 is 17.7 Å². The molecule has 7 heteroatoms. The lowest BCUT2D eigenvalue weighted by molar-refractivity contribution is -0.140. The second kappa shape index (κ2) is 10.1. The number of ether oxygens (including phenoxy) is 2. The Bertz CT molecular complexity index is 1210. The minimum absolute atomic E-state index is 0.00460. The van der Waals surface area contributed by atoms with Crippen LogP contribution in [-0.2, 0) is 16.1 Å². The van der Waals surface area contributed by atoms with Gasteiger partial charge in [-0.15, -0.1) is 0 Å². The van der Waals surface area contributed by atoms with Crippen LogP contribution in [0.2, 0.25) is 0 Å². The lowest BCUT2D eigenvalue weighted by Crippen LogP contribution is -2.29. The maximum absolute atomic E-state index is 13.2. The number of benzene rings is 2.